The fraction of sp³-hybridized carbons (Fsp3) is 0.517. The van der Waals surface area contributed by atoms with Crippen molar-refractivity contribution in [2.24, 2.45) is 0 Å². The fourth-order valence-electron chi connectivity index (χ4n) is 5.88. The average Bonchev–Trinajstić information content (AvgIpc) is 2.95. The molecule has 8 nitrogen and oxygen atoms in total. The summed E-state index contributed by atoms with van der Waals surface area (Å²) in [5.41, 5.74) is 2.84. The SMILES string of the molecule is O=C(O)C(=O)O.c1ccc(CN2CCC(N3CCC(N4CCN(c5ccccc5)CC4)CC3)CC2)cc1. The first-order valence-electron chi connectivity index (χ1n) is 13.5. The molecule has 3 heterocycles. The van der Waals surface area contributed by atoms with E-state index in [4.69, 9.17) is 19.8 Å². The molecule has 0 unspecified atom stereocenters. The minimum Gasteiger partial charge on any atom is -0.473 e. The van der Waals surface area contributed by atoms with Crippen LogP contribution in [0.5, 0.6) is 0 Å². The zero-order valence-corrected chi connectivity index (χ0v) is 21.6. The molecule has 0 saturated carbocycles. The van der Waals surface area contributed by atoms with Gasteiger partial charge >= 0.3 is 11.9 Å². The number of rotatable bonds is 5. The molecule has 2 aromatic rings. The first-order chi connectivity index (χ1) is 18.0. The molecule has 3 fully saturated rings. The fourth-order valence-corrected chi connectivity index (χ4v) is 5.88. The second-order valence-corrected chi connectivity index (χ2v) is 10.2. The molecule has 2 aromatic carbocycles. The molecule has 3 aliphatic rings. The Labute approximate surface area is 220 Å². The van der Waals surface area contributed by atoms with Gasteiger partial charge in [-0.3, -0.25) is 9.80 Å². The van der Waals surface area contributed by atoms with Crippen molar-refractivity contribution in [2.75, 3.05) is 57.3 Å². The number of hydrogen-bond donors (Lipinski definition) is 2. The molecular formula is C29H40N4O4. The van der Waals surface area contributed by atoms with Crippen LogP contribution in [-0.4, -0.2) is 101 Å². The molecule has 5 rings (SSSR count). The Hall–Kier alpha value is -2.94. The lowest BCUT2D eigenvalue weighted by Crippen LogP contribution is -2.55. The molecule has 0 radical (unpaired) electrons. The molecule has 0 bridgehead atoms. The maximum Gasteiger partial charge on any atom is 0.414 e. The summed E-state index contributed by atoms with van der Waals surface area (Å²) in [5, 5.41) is 14.8. The van der Waals surface area contributed by atoms with E-state index in [1.54, 1.807) is 0 Å². The first-order valence-corrected chi connectivity index (χ1v) is 13.5. The van der Waals surface area contributed by atoms with Crippen molar-refractivity contribution >= 4 is 17.6 Å². The van der Waals surface area contributed by atoms with Gasteiger partial charge in [0.15, 0.2) is 0 Å². The van der Waals surface area contributed by atoms with E-state index in [1.165, 1.54) is 89.3 Å². The highest BCUT2D eigenvalue weighted by molar-refractivity contribution is 6.27. The van der Waals surface area contributed by atoms with Gasteiger partial charge in [-0.15, -0.1) is 0 Å². The summed E-state index contributed by atoms with van der Waals surface area (Å²) in [4.78, 5) is 29.0. The van der Waals surface area contributed by atoms with Crippen LogP contribution in [0.3, 0.4) is 0 Å². The van der Waals surface area contributed by atoms with Crippen LogP contribution >= 0.6 is 0 Å². The van der Waals surface area contributed by atoms with Gasteiger partial charge in [0.25, 0.3) is 0 Å². The largest absolute Gasteiger partial charge is 0.473 e. The van der Waals surface area contributed by atoms with E-state index in [9.17, 15) is 0 Å². The van der Waals surface area contributed by atoms with Crippen molar-refractivity contribution in [3.63, 3.8) is 0 Å². The number of para-hydroxylation sites is 1. The van der Waals surface area contributed by atoms with Crippen molar-refractivity contribution in [1.29, 1.82) is 0 Å². The third-order valence-electron chi connectivity index (χ3n) is 7.96. The number of piperazine rings is 1. The predicted molar refractivity (Wildman–Crippen MR) is 145 cm³/mol. The molecule has 37 heavy (non-hydrogen) atoms. The first kappa shape index (κ1) is 27.1. The number of likely N-dealkylation sites (tertiary alicyclic amines) is 2. The van der Waals surface area contributed by atoms with Crippen LogP contribution in [0.1, 0.15) is 31.2 Å². The summed E-state index contributed by atoms with van der Waals surface area (Å²) in [6.45, 7) is 11.0. The zero-order valence-electron chi connectivity index (χ0n) is 21.6. The summed E-state index contributed by atoms with van der Waals surface area (Å²) in [5.74, 6) is -3.65. The van der Waals surface area contributed by atoms with Gasteiger partial charge in [0, 0.05) is 50.5 Å². The van der Waals surface area contributed by atoms with Crippen molar-refractivity contribution in [3.05, 3.63) is 66.2 Å². The predicted octanol–water partition coefficient (Wildman–Crippen LogP) is 3.09. The van der Waals surface area contributed by atoms with Crippen LogP contribution in [-0.2, 0) is 16.1 Å². The van der Waals surface area contributed by atoms with Crippen LogP contribution < -0.4 is 4.90 Å². The maximum absolute atomic E-state index is 9.10. The van der Waals surface area contributed by atoms with Crippen molar-refractivity contribution < 1.29 is 19.8 Å². The molecule has 0 amide bonds. The Morgan fingerprint density at radius 2 is 1.08 bits per heavy atom. The normalized spacial score (nSPS) is 20.7. The molecule has 0 aromatic heterocycles. The second kappa shape index (κ2) is 13.6. The maximum atomic E-state index is 9.10. The number of benzene rings is 2. The number of nitrogens with zero attached hydrogens (tertiary/aromatic N) is 4. The Bertz CT molecular complexity index is 954. The van der Waals surface area contributed by atoms with E-state index in [0.29, 0.717) is 0 Å². The number of hydrogen-bond acceptors (Lipinski definition) is 6. The van der Waals surface area contributed by atoms with Crippen molar-refractivity contribution in [1.82, 2.24) is 14.7 Å². The van der Waals surface area contributed by atoms with Crippen molar-refractivity contribution in [3.8, 4) is 0 Å². The third kappa shape index (κ3) is 8.02. The van der Waals surface area contributed by atoms with Gasteiger partial charge in [-0.2, -0.15) is 0 Å². The van der Waals surface area contributed by atoms with Crippen LogP contribution in [0.4, 0.5) is 5.69 Å². The van der Waals surface area contributed by atoms with Gasteiger partial charge < -0.3 is 20.0 Å². The summed E-state index contributed by atoms with van der Waals surface area (Å²) in [6, 6.07) is 23.5. The monoisotopic (exact) mass is 508 g/mol. The standard InChI is InChI=1S/C27H38N4.C2H2O4/c1-3-7-24(8-4-1)23-28-15-11-26(12-16-28)29-17-13-27(14-18-29)31-21-19-30(20-22-31)25-9-5-2-6-10-25;3-1(4)2(5)6/h1-10,26-27H,11-23H2;(H,3,4)(H,5,6). The molecule has 3 aliphatic heterocycles. The zero-order chi connectivity index (χ0) is 26.0. The van der Waals surface area contributed by atoms with E-state index in [2.05, 4.69) is 80.3 Å². The Balaban J connectivity index is 0.000000480. The Morgan fingerprint density at radius 1 is 0.622 bits per heavy atom. The minimum absolute atomic E-state index is 0.798. The second-order valence-electron chi connectivity index (χ2n) is 10.2. The Kier molecular flexibility index (Phi) is 9.93. The van der Waals surface area contributed by atoms with Gasteiger partial charge in [0.1, 0.15) is 0 Å². The highest BCUT2D eigenvalue weighted by Crippen LogP contribution is 2.25. The van der Waals surface area contributed by atoms with Crippen LogP contribution in [0.15, 0.2) is 60.7 Å². The number of piperidine rings is 2. The van der Waals surface area contributed by atoms with Gasteiger partial charge in [-0.05, 0) is 69.6 Å². The number of carboxylic acid groups (broad SMARTS) is 2. The molecule has 3 saturated heterocycles. The van der Waals surface area contributed by atoms with Gasteiger partial charge in [-0.25, -0.2) is 9.59 Å². The molecule has 0 atom stereocenters. The van der Waals surface area contributed by atoms with E-state index in [0.717, 1.165) is 18.6 Å². The average molecular weight is 509 g/mol. The molecule has 200 valence electrons. The molecule has 0 spiro atoms. The van der Waals surface area contributed by atoms with E-state index in [-0.39, 0.29) is 0 Å². The summed E-state index contributed by atoms with van der Waals surface area (Å²) in [6.07, 6.45) is 5.39. The van der Waals surface area contributed by atoms with E-state index < -0.39 is 11.9 Å². The smallest absolute Gasteiger partial charge is 0.414 e. The van der Waals surface area contributed by atoms with Crippen LogP contribution in [0, 0.1) is 0 Å². The highest BCUT2D eigenvalue weighted by atomic mass is 16.4. The summed E-state index contributed by atoms with van der Waals surface area (Å²) < 4.78 is 0. The lowest BCUT2D eigenvalue weighted by atomic mass is 9.96. The summed E-state index contributed by atoms with van der Waals surface area (Å²) in [7, 11) is 0. The van der Waals surface area contributed by atoms with Gasteiger partial charge in [0.2, 0.25) is 0 Å². The lowest BCUT2D eigenvalue weighted by molar-refractivity contribution is -0.159. The van der Waals surface area contributed by atoms with Gasteiger partial charge in [-0.1, -0.05) is 48.5 Å². The topological polar surface area (TPSA) is 87.6 Å². The number of anilines is 1. The molecule has 2 N–H and O–H groups in total. The molecule has 0 aliphatic carbocycles. The van der Waals surface area contributed by atoms with Crippen LogP contribution in [0.2, 0.25) is 0 Å². The third-order valence-corrected chi connectivity index (χ3v) is 7.96. The number of carbonyl (C=O) groups is 2. The van der Waals surface area contributed by atoms with Crippen LogP contribution in [0.25, 0.3) is 0 Å². The van der Waals surface area contributed by atoms with Crippen molar-refractivity contribution in [2.45, 2.75) is 44.3 Å². The van der Waals surface area contributed by atoms with Gasteiger partial charge in [0.05, 0.1) is 0 Å². The molecule has 8 heteroatoms. The van der Waals surface area contributed by atoms with E-state index in [1.807, 2.05) is 0 Å². The number of carboxylic acids is 2. The quantitative estimate of drug-likeness (QED) is 0.596. The lowest BCUT2D eigenvalue weighted by Gasteiger charge is -2.46. The molecular weight excluding hydrogens is 468 g/mol. The van der Waals surface area contributed by atoms with E-state index >= 15 is 0 Å². The minimum atomic E-state index is -1.82. The Morgan fingerprint density at radius 3 is 1.59 bits per heavy atom. The highest BCUT2D eigenvalue weighted by Gasteiger charge is 2.31. The number of aliphatic carboxylic acids is 2. The summed E-state index contributed by atoms with van der Waals surface area (Å²) >= 11 is 0.